The van der Waals surface area contributed by atoms with Crippen molar-refractivity contribution in [2.24, 2.45) is 5.92 Å². The minimum Gasteiger partial charge on any atom is -0.481 e. The molecule has 0 aromatic heterocycles. The van der Waals surface area contributed by atoms with Crippen molar-refractivity contribution in [2.75, 3.05) is 0 Å². The third-order valence-electron chi connectivity index (χ3n) is 2.77. The second-order valence-corrected chi connectivity index (χ2v) is 3.93. The van der Waals surface area contributed by atoms with Crippen molar-refractivity contribution in [1.82, 2.24) is 0 Å². The molecule has 0 unspecified atom stereocenters. The van der Waals surface area contributed by atoms with E-state index in [2.05, 4.69) is 0 Å². The van der Waals surface area contributed by atoms with Crippen LogP contribution in [0.3, 0.4) is 0 Å². The molecule has 0 amide bonds. The zero-order valence-corrected chi connectivity index (χ0v) is 8.61. The third kappa shape index (κ3) is 4.14. The van der Waals surface area contributed by atoms with E-state index < -0.39 is 11.9 Å². The second-order valence-electron chi connectivity index (χ2n) is 3.93. The Hall–Kier alpha value is -1.32. The van der Waals surface area contributed by atoms with E-state index in [-0.39, 0.29) is 12.8 Å². The van der Waals surface area contributed by atoms with Crippen LogP contribution in [0.25, 0.3) is 0 Å². The summed E-state index contributed by atoms with van der Waals surface area (Å²) in [6, 6.07) is 0. The zero-order valence-electron chi connectivity index (χ0n) is 8.61. The molecule has 0 aliphatic heterocycles. The molecule has 0 spiro atoms. The first-order chi connectivity index (χ1) is 7.09. The Morgan fingerprint density at radius 3 is 2.20 bits per heavy atom. The van der Waals surface area contributed by atoms with Crippen molar-refractivity contribution >= 4 is 11.9 Å². The standard InChI is InChI=1S/C11H16O4/c12-10(13)6-5-9(7-11(14)15)8-3-1-2-4-8/h5,8H,1-4,6-7H2,(H,12,13)(H,14,15). The lowest BCUT2D eigenvalue weighted by molar-refractivity contribution is -0.137. The Kier molecular flexibility index (Phi) is 4.34. The van der Waals surface area contributed by atoms with Gasteiger partial charge in [0, 0.05) is 0 Å². The Morgan fingerprint density at radius 2 is 1.73 bits per heavy atom. The highest BCUT2D eigenvalue weighted by Gasteiger charge is 2.20. The van der Waals surface area contributed by atoms with E-state index in [9.17, 15) is 9.59 Å². The van der Waals surface area contributed by atoms with Crippen molar-refractivity contribution in [3.05, 3.63) is 11.6 Å². The lowest BCUT2D eigenvalue weighted by Crippen LogP contribution is -2.06. The average molecular weight is 212 g/mol. The van der Waals surface area contributed by atoms with Crippen molar-refractivity contribution in [1.29, 1.82) is 0 Å². The normalized spacial score (nSPS) is 18.0. The molecule has 2 N–H and O–H groups in total. The molecule has 4 heteroatoms. The van der Waals surface area contributed by atoms with E-state index >= 15 is 0 Å². The molecule has 1 saturated carbocycles. The molecule has 0 bridgehead atoms. The predicted molar refractivity (Wildman–Crippen MR) is 54.5 cm³/mol. The van der Waals surface area contributed by atoms with Crippen molar-refractivity contribution in [3.63, 3.8) is 0 Å². The molecule has 1 fully saturated rings. The molecule has 4 nitrogen and oxygen atoms in total. The number of hydrogen-bond donors (Lipinski definition) is 2. The van der Waals surface area contributed by atoms with Gasteiger partial charge >= 0.3 is 11.9 Å². The van der Waals surface area contributed by atoms with Crippen LogP contribution >= 0.6 is 0 Å². The van der Waals surface area contributed by atoms with Gasteiger partial charge in [-0.25, -0.2) is 0 Å². The minimum atomic E-state index is -0.907. The molecule has 1 aliphatic rings. The van der Waals surface area contributed by atoms with Crippen LogP contribution in [0.2, 0.25) is 0 Å². The SMILES string of the molecule is O=C(O)CC=C(CC(=O)O)C1CCCC1. The number of aliphatic carboxylic acids is 2. The largest absolute Gasteiger partial charge is 0.481 e. The van der Waals surface area contributed by atoms with Crippen LogP contribution in [0.1, 0.15) is 38.5 Å². The highest BCUT2D eigenvalue weighted by molar-refractivity contribution is 5.72. The molecular weight excluding hydrogens is 196 g/mol. The molecule has 0 aromatic rings. The summed E-state index contributed by atoms with van der Waals surface area (Å²) in [5.41, 5.74) is 0.794. The maximum Gasteiger partial charge on any atom is 0.307 e. The number of carboxylic acid groups (broad SMARTS) is 2. The second kappa shape index (κ2) is 5.53. The van der Waals surface area contributed by atoms with Crippen LogP contribution in [0.15, 0.2) is 11.6 Å². The van der Waals surface area contributed by atoms with Gasteiger partial charge < -0.3 is 10.2 Å². The predicted octanol–water partition coefficient (Wildman–Crippen LogP) is 2.05. The maximum atomic E-state index is 10.6. The van der Waals surface area contributed by atoms with Crippen LogP contribution < -0.4 is 0 Å². The van der Waals surface area contributed by atoms with Gasteiger partial charge in [0.15, 0.2) is 0 Å². The molecule has 15 heavy (non-hydrogen) atoms. The van der Waals surface area contributed by atoms with Gasteiger partial charge in [-0.1, -0.05) is 24.5 Å². The van der Waals surface area contributed by atoms with E-state index in [1.807, 2.05) is 0 Å². The van der Waals surface area contributed by atoms with E-state index in [0.29, 0.717) is 5.92 Å². The zero-order chi connectivity index (χ0) is 11.3. The number of carboxylic acids is 2. The monoisotopic (exact) mass is 212 g/mol. The molecule has 0 aromatic carbocycles. The van der Waals surface area contributed by atoms with E-state index in [1.54, 1.807) is 6.08 Å². The number of rotatable bonds is 5. The lowest BCUT2D eigenvalue weighted by Gasteiger charge is -2.12. The van der Waals surface area contributed by atoms with Crippen molar-refractivity contribution < 1.29 is 19.8 Å². The van der Waals surface area contributed by atoms with E-state index in [1.165, 1.54) is 0 Å². The fraction of sp³-hybridized carbons (Fsp3) is 0.636. The van der Waals surface area contributed by atoms with Gasteiger partial charge in [0.05, 0.1) is 12.8 Å². The van der Waals surface area contributed by atoms with Gasteiger partial charge in [0.1, 0.15) is 0 Å². The van der Waals surface area contributed by atoms with Gasteiger partial charge in [-0.2, -0.15) is 0 Å². The van der Waals surface area contributed by atoms with Crippen LogP contribution in [0.5, 0.6) is 0 Å². The summed E-state index contributed by atoms with van der Waals surface area (Å²) in [7, 11) is 0. The summed E-state index contributed by atoms with van der Waals surface area (Å²) in [4.78, 5) is 21.0. The molecule has 0 atom stereocenters. The summed E-state index contributed by atoms with van der Waals surface area (Å²) in [6.07, 6.45) is 5.73. The summed E-state index contributed by atoms with van der Waals surface area (Å²) >= 11 is 0. The van der Waals surface area contributed by atoms with Gasteiger partial charge in [-0.3, -0.25) is 9.59 Å². The fourth-order valence-corrected chi connectivity index (χ4v) is 2.07. The smallest absolute Gasteiger partial charge is 0.307 e. The molecule has 1 rings (SSSR count). The number of carbonyl (C=O) groups is 2. The van der Waals surface area contributed by atoms with Gasteiger partial charge in [-0.05, 0) is 18.8 Å². The van der Waals surface area contributed by atoms with Crippen LogP contribution in [0.4, 0.5) is 0 Å². The first-order valence-corrected chi connectivity index (χ1v) is 5.22. The topological polar surface area (TPSA) is 74.6 Å². The quantitative estimate of drug-likeness (QED) is 0.684. The fourth-order valence-electron chi connectivity index (χ4n) is 2.07. The van der Waals surface area contributed by atoms with Gasteiger partial charge in [0.2, 0.25) is 0 Å². The first-order valence-electron chi connectivity index (χ1n) is 5.22. The summed E-state index contributed by atoms with van der Waals surface area (Å²) in [5, 5.41) is 17.3. The Balaban J connectivity index is 2.62. The first kappa shape index (κ1) is 11.8. The number of hydrogen-bond acceptors (Lipinski definition) is 2. The summed E-state index contributed by atoms with van der Waals surface area (Å²) < 4.78 is 0. The highest BCUT2D eigenvalue weighted by Crippen LogP contribution is 2.32. The minimum absolute atomic E-state index is 0.0159. The molecule has 0 saturated heterocycles. The highest BCUT2D eigenvalue weighted by atomic mass is 16.4. The molecule has 84 valence electrons. The van der Waals surface area contributed by atoms with Crippen molar-refractivity contribution in [2.45, 2.75) is 38.5 Å². The molecular formula is C11H16O4. The molecule has 0 heterocycles. The van der Waals surface area contributed by atoms with Crippen LogP contribution in [-0.2, 0) is 9.59 Å². The van der Waals surface area contributed by atoms with Crippen LogP contribution in [0, 0.1) is 5.92 Å². The summed E-state index contributed by atoms with van der Waals surface area (Å²) in [6.45, 7) is 0. The van der Waals surface area contributed by atoms with E-state index in [4.69, 9.17) is 10.2 Å². The maximum absolute atomic E-state index is 10.6. The van der Waals surface area contributed by atoms with Gasteiger partial charge in [-0.15, -0.1) is 0 Å². The molecule has 1 aliphatic carbocycles. The average Bonchev–Trinajstić information content (AvgIpc) is 2.63. The van der Waals surface area contributed by atoms with E-state index in [0.717, 1.165) is 31.3 Å². The van der Waals surface area contributed by atoms with Gasteiger partial charge in [0.25, 0.3) is 0 Å². The Morgan fingerprint density at radius 1 is 1.13 bits per heavy atom. The Bertz CT molecular complexity index is 274. The van der Waals surface area contributed by atoms with Crippen molar-refractivity contribution in [3.8, 4) is 0 Å². The Labute approximate surface area is 88.6 Å². The van der Waals surface area contributed by atoms with Crippen LogP contribution in [-0.4, -0.2) is 22.2 Å². The molecule has 0 radical (unpaired) electrons. The third-order valence-corrected chi connectivity index (χ3v) is 2.77. The lowest BCUT2D eigenvalue weighted by atomic mass is 9.94. The summed E-state index contributed by atoms with van der Waals surface area (Å²) in [5.74, 6) is -1.49.